The summed E-state index contributed by atoms with van der Waals surface area (Å²) >= 11 is 0. The summed E-state index contributed by atoms with van der Waals surface area (Å²) in [4.78, 5) is 0. The van der Waals surface area contributed by atoms with Crippen LogP contribution in [0.4, 0.5) is 0 Å². The maximum atomic E-state index is 10.1. The SMILES string of the molecule is CC1(C)O[C@H]2O[C@H]([C@@H](O)CN)[C@H](OCc3ccccc3)[C@H]2O1. The highest BCUT2D eigenvalue weighted by molar-refractivity contribution is 5.13. The van der Waals surface area contributed by atoms with Gasteiger partial charge in [-0.1, -0.05) is 30.3 Å². The molecule has 1 aromatic rings. The quantitative estimate of drug-likeness (QED) is 0.836. The topological polar surface area (TPSA) is 83.2 Å². The van der Waals surface area contributed by atoms with Crippen molar-refractivity contribution >= 4 is 0 Å². The van der Waals surface area contributed by atoms with E-state index < -0.39 is 30.4 Å². The van der Waals surface area contributed by atoms with Crippen molar-refractivity contribution in [1.82, 2.24) is 0 Å². The van der Waals surface area contributed by atoms with Crippen LogP contribution in [0.25, 0.3) is 0 Å². The van der Waals surface area contributed by atoms with E-state index in [1.807, 2.05) is 44.2 Å². The summed E-state index contributed by atoms with van der Waals surface area (Å²) in [5.74, 6) is -0.720. The molecule has 2 aliphatic rings. The smallest absolute Gasteiger partial charge is 0.190 e. The predicted molar refractivity (Wildman–Crippen MR) is 78.8 cm³/mol. The third-order valence-electron chi connectivity index (χ3n) is 3.93. The maximum Gasteiger partial charge on any atom is 0.190 e. The van der Waals surface area contributed by atoms with E-state index in [0.717, 1.165) is 5.56 Å². The Morgan fingerprint density at radius 3 is 2.68 bits per heavy atom. The predicted octanol–water partition coefficient (Wildman–Crippen LogP) is 0.768. The Hall–Kier alpha value is -1.02. The molecule has 3 N–H and O–H groups in total. The van der Waals surface area contributed by atoms with Gasteiger partial charge in [0.05, 0.1) is 12.7 Å². The number of rotatable bonds is 5. The highest BCUT2D eigenvalue weighted by Crippen LogP contribution is 2.39. The van der Waals surface area contributed by atoms with Gasteiger partial charge in [0.2, 0.25) is 0 Å². The number of aliphatic hydroxyl groups is 1. The lowest BCUT2D eigenvalue weighted by atomic mass is 10.1. The number of aliphatic hydroxyl groups excluding tert-OH is 1. The van der Waals surface area contributed by atoms with Crippen molar-refractivity contribution in [2.24, 2.45) is 5.73 Å². The van der Waals surface area contributed by atoms with Crippen molar-refractivity contribution in [3.8, 4) is 0 Å². The fourth-order valence-electron chi connectivity index (χ4n) is 2.90. The van der Waals surface area contributed by atoms with E-state index in [9.17, 15) is 5.11 Å². The van der Waals surface area contributed by atoms with Crippen molar-refractivity contribution in [3.05, 3.63) is 35.9 Å². The average Bonchev–Trinajstić information content (AvgIpc) is 2.97. The molecule has 0 amide bonds. The highest BCUT2D eigenvalue weighted by atomic mass is 16.8. The Kier molecular flexibility index (Phi) is 4.49. The zero-order valence-electron chi connectivity index (χ0n) is 12.8. The van der Waals surface area contributed by atoms with Crippen molar-refractivity contribution in [3.63, 3.8) is 0 Å². The Morgan fingerprint density at radius 2 is 2.00 bits per heavy atom. The van der Waals surface area contributed by atoms with Crippen LogP contribution >= 0.6 is 0 Å². The molecule has 122 valence electrons. The van der Waals surface area contributed by atoms with Gasteiger partial charge in [0, 0.05) is 6.54 Å². The molecular weight excluding hydrogens is 286 g/mol. The van der Waals surface area contributed by atoms with Crippen LogP contribution < -0.4 is 5.73 Å². The molecule has 0 aromatic heterocycles. The van der Waals surface area contributed by atoms with E-state index >= 15 is 0 Å². The molecule has 2 heterocycles. The zero-order chi connectivity index (χ0) is 15.7. The van der Waals surface area contributed by atoms with Crippen LogP contribution in [0, 0.1) is 0 Å². The Balaban J connectivity index is 1.71. The van der Waals surface area contributed by atoms with E-state index in [1.165, 1.54) is 0 Å². The minimum absolute atomic E-state index is 0.0959. The molecule has 0 saturated carbocycles. The first-order valence-electron chi connectivity index (χ1n) is 7.55. The second-order valence-electron chi connectivity index (χ2n) is 6.13. The van der Waals surface area contributed by atoms with Crippen LogP contribution in [0.3, 0.4) is 0 Å². The van der Waals surface area contributed by atoms with Gasteiger partial charge in [0.25, 0.3) is 0 Å². The molecule has 22 heavy (non-hydrogen) atoms. The molecule has 0 spiro atoms. The van der Waals surface area contributed by atoms with Gasteiger partial charge in [-0.2, -0.15) is 0 Å². The third kappa shape index (κ3) is 3.17. The summed E-state index contributed by atoms with van der Waals surface area (Å²) in [6, 6.07) is 9.83. The molecule has 5 atom stereocenters. The van der Waals surface area contributed by atoms with E-state index in [1.54, 1.807) is 0 Å². The van der Waals surface area contributed by atoms with Gasteiger partial charge >= 0.3 is 0 Å². The van der Waals surface area contributed by atoms with Gasteiger partial charge in [-0.05, 0) is 19.4 Å². The molecular formula is C16H23NO5. The van der Waals surface area contributed by atoms with E-state index in [4.69, 9.17) is 24.7 Å². The molecule has 0 aliphatic carbocycles. The first-order valence-corrected chi connectivity index (χ1v) is 7.55. The molecule has 3 rings (SSSR count). The Labute approximate surface area is 130 Å². The fourth-order valence-corrected chi connectivity index (χ4v) is 2.90. The highest BCUT2D eigenvalue weighted by Gasteiger charge is 2.56. The summed E-state index contributed by atoms with van der Waals surface area (Å²) in [6.07, 6.45) is -2.71. The van der Waals surface area contributed by atoms with E-state index in [2.05, 4.69) is 0 Å². The van der Waals surface area contributed by atoms with Crippen LogP contribution in [-0.2, 0) is 25.6 Å². The van der Waals surface area contributed by atoms with Crippen molar-refractivity contribution in [2.45, 2.75) is 56.9 Å². The first-order chi connectivity index (χ1) is 10.5. The van der Waals surface area contributed by atoms with Gasteiger partial charge in [0.1, 0.15) is 18.3 Å². The third-order valence-corrected chi connectivity index (χ3v) is 3.93. The fraction of sp³-hybridized carbons (Fsp3) is 0.625. The zero-order valence-corrected chi connectivity index (χ0v) is 12.8. The summed E-state index contributed by atoms with van der Waals surface area (Å²) < 4.78 is 23.3. The Morgan fingerprint density at radius 1 is 1.27 bits per heavy atom. The number of hydrogen-bond acceptors (Lipinski definition) is 6. The molecule has 1 aromatic carbocycles. The molecule has 2 fully saturated rings. The van der Waals surface area contributed by atoms with E-state index in [-0.39, 0.29) is 12.6 Å². The van der Waals surface area contributed by atoms with Gasteiger partial charge in [-0.15, -0.1) is 0 Å². The second-order valence-corrected chi connectivity index (χ2v) is 6.13. The number of hydrogen-bond donors (Lipinski definition) is 2. The number of ether oxygens (including phenoxy) is 4. The van der Waals surface area contributed by atoms with Crippen molar-refractivity contribution in [2.75, 3.05) is 6.54 Å². The lowest BCUT2D eigenvalue weighted by Gasteiger charge is -2.28. The van der Waals surface area contributed by atoms with Crippen molar-refractivity contribution in [1.29, 1.82) is 0 Å². The van der Waals surface area contributed by atoms with Crippen LogP contribution in [0.15, 0.2) is 30.3 Å². The second kappa shape index (κ2) is 6.23. The summed E-state index contributed by atoms with van der Waals surface area (Å²) in [5, 5.41) is 10.1. The van der Waals surface area contributed by atoms with Crippen LogP contribution in [0.1, 0.15) is 19.4 Å². The van der Waals surface area contributed by atoms with Crippen LogP contribution in [0.2, 0.25) is 0 Å². The molecule has 6 nitrogen and oxygen atoms in total. The molecule has 0 radical (unpaired) electrons. The number of benzene rings is 1. The summed E-state index contributed by atoms with van der Waals surface area (Å²) in [5.41, 5.74) is 6.60. The minimum atomic E-state index is -0.818. The molecule has 6 heteroatoms. The standard InChI is InChI=1S/C16H23NO5/c1-16(2)21-14-13(19-9-10-6-4-3-5-7-10)12(11(18)8-17)20-15(14)22-16/h3-7,11-15,18H,8-9,17H2,1-2H3/t11-,12+,13-,14+,15+/m0/s1. The average molecular weight is 309 g/mol. The van der Waals surface area contributed by atoms with Crippen LogP contribution in [0.5, 0.6) is 0 Å². The minimum Gasteiger partial charge on any atom is -0.389 e. The first kappa shape index (κ1) is 15.9. The van der Waals surface area contributed by atoms with E-state index in [0.29, 0.717) is 6.61 Å². The maximum absolute atomic E-state index is 10.1. The normalized spacial score (nSPS) is 34.5. The van der Waals surface area contributed by atoms with Gasteiger partial charge in [-0.3, -0.25) is 0 Å². The van der Waals surface area contributed by atoms with Crippen molar-refractivity contribution < 1.29 is 24.1 Å². The largest absolute Gasteiger partial charge is 0.389 e. The molecule has 2 saturated heterocycles. The van der Waals surface area contributed by atoms with Gasteiger partial charge in [0.15, 0.2) is 12.1 Å². The monoisotopic (exact) mass is 309 g/mol. The molecule has 0 unspecified atom stereocenters. The number of nitrogens with two attached hydrogens (primary N) is 1. The summed E-state index contributed by atoms with van der Waals surface area (Å²) in [6.45, 7) is 4.17. The lowest BCUT2D eigenvalue weighted by molar-refractivity contribution is -0.229. The van der Waals surface area contributed by atoms with Crippen LogP contribution in [-0.4, -0.2) is 48.1 Å². The molecule has 2 aliphatic heterocycles. The lowest BCUT2D eigenvalue weighted by Crippen LogP contribution is -2.45. The molecule has 0 bridgehead atoms. The van der Waals surface area contributed by atoms with Gasteiger partial charge in [-0.25, -0.2) is 0 Å². The summed E-state index contributed by atoms with van der Waals surface area (Å²) in [7, 11) is 0. The number of fused-ring (bicyclic) bond motifs is 1. The Bertz CT molecular complexity index is 495. The van der Waals surface area contributed by atoms with Gasteiger partial charge < -0.3 is 29.8 Å².